The van der Waals surface area contributed by atoms with E-state index in [1.54, 1.807) is 18.2 Å². The summed E-state index contributed by atoms with van der Waals surface area (Å²) in [4.78, 5) is 12.9. The summed E-state index contributed by atoms with van der Waals surface area (Å²) in [5.74, 6) is -1.09. The van der Waals surface area contributed by atoms with Crippen LogP contribution in [0.1, 0.15) is 24.1 Å². The largest absolute Gasteiger partial charge is 0.481 e. The molecular weight excluding hydrogens is 331 g/mol. The van der Waals surface area contributed by atoms with E-state index in [1.165, 1.54) is 6.07 Å². The minimum Gasteiger partial charge on any atom is -0.481 e. The fraction of sp³-hybridized carbons (Fsp3) is 0.316. The first-order valence-corrected chi connectivity index (χ1v) is 8.00. The highest BCUT2D eigenvalue weighted by Gasteiger charge is 2.35. The number of carboxylic acids is 1. The number of carbonyl (C=O) groups is 1. The summed E-state index contributed by atoms with van der Waals surface area (Å²) in [5.41, 5.74) is 1.58. The summed E-state index contributed by atoms with van der Waals surface area (Å²) >= 11 is 0. The molecule has 0 aliphatic carbocycles. The van der Waals surface area contributed by atoms with Crippen molar-refractivity contribution in [3.63, 3.8) is 0 Å². The van der Waals surface area contributed by atoms with Gasteiger partial charge in [-0.15, -0.1) is 0 Å². The van der Waals surface area contributed by atoms with Crippen molar-refractivity contribution in [1.82, 2.24) is 4.90 Å². The number of likely N-dealkylation sites (tertiary alicyclic amines) is 1. The Labute approximate surface area is 143 Å². The summed E-state index contributed by atoms with van der Waals surface area (Å²) in [6.07, 6.45) is -4.36. The third-order valence-corrected chi connectivity index (χ3v) is 4.72. The van der Waals surface area contributed by atoms with Crippen LogP contribution in [0.3, 0.4) is 0 Å². The van der Waals surface area contributed by atoms with E-state index in [4.69, 9.17) is 5.11 Å². The highest BCUT2D eigenvalue weighted by molar-refractivity contribution is 5.71. The molecule has 25 heavy (non-hydrogen) atoms. The van der Waals surface area contributed by atoms with E-state index in [1.807, 2.05) is 19.1 Å². The Balaban J connectivity index is 1.74. The number of aliphatic carboxylic acids is 1. The average molecular weight is 349 g/mol. The van der Waals surface area contributed by atoms with Gasteiger partial charge in [-0.3, -0.25) is 9.69 Å². The molecule has 1 N–H and O–H groups in total. The molecule has 0 radical (unpaired) electrons. The van der Waals surface area contributed by atoms with E-state index < -0.39 is 17.7 Å². The summed E-state index contributed by atoms with van der Waals surface area (Å²) in [5, 5.41) is 8.94. The Morgan fingerprint density at radius 2 is 1.76 bits per heavy atom. The number of alkyl halides is 3. The van der Waals surface area contributed by atoms with E-state index in [0.717, 1.165) is 17.7 Å². The second-order valence-electron chi connectivity index (χ2n) is 6.37. The number of rotatable bonds is 4. The van der Waals surface area contributed by atoms with Crippen molar-refractivity contribution in [2.75, 3.05) is 13.1 Å². The molecule has 2 aromatic rings. The molecule has 0 aromatic heterocycles. The number of halogens is 3. The van der Waals surface area contributed by atoms with Gasteiger partial charge < -0.3 is 5.11 Å². The van der Waals surface area contributed by atoms with Gasteiger partial charge in [0.05, 0.1) is 11.5 Å². The summed E-state index contributed by atoms with van der Waals surface area (Å²) in [7, 11) is 0. The van der Waals surface area contributed by atoms with Gasteiger partial charge in [0, 0.05) is 19.1 Å². The topological polar surface area (TPSA) is 40.5 Å². The molecule has 2 aromatic carbocycles. The van der Waals surface area contributed by atoms with Gasteiger partial charge in [0.15, 0.2) is 0 Å². The second kappa shape index (κ2) is 6.52. The SMILES string of the molecule is CC(c1ccc(-c2cccc(C(F)(F)F)c2)cc1)N1CC(C(=O)O)C1. The van der Waals surface area contributed by atoms with Gasteiger partial charge in [0.25, 0.3) is 0 Å². The average Bonchev–Trinajstić information content (AvgIpc) is 2.52. The van der Waals surface area contributed by atoms with Crippen molar-refractivity contribution < 1.29 is 23.1 Å². The lowest BCUT2D eigenvalue weighted by Crippen LogP contribution is -2.51. The molecule has 3 nitrogen and oxygen atoms in total. The molecule has 1 fully saturated rings. The Bertz CT molecular complexity index is 765. The summed E-state index contributed by atoms with van der Waals surface area (Å²) in [6, 6.07) is 12.7. The first-order valence-electron chi connectivity index (χ1n) is 8.00. The van der Waals surface area contributed by atoms with Crippen molar-refractivity contribution in [3.8, 4) is 11.1 Å². The highest BCUT2D eigenvalue weighted by Crippen LogP contribution is 2.33. The number of nitrogens with zero attached hydrogens (tertiary/aromatic N) is 1. The van der Waals surface area contributed by atoms with Crippen LogP contribution in [-0.4, -0.2) is 29.1 Å². The third-order valence-electron chi connectivity index (χ3n) is 4.72. The maximum absolute atomic E-state index is 12.8. The Hall–Kier alpha value is -2.34. The molecule has 1 unspecified atom stereocenters. The molecule has 3 rings (SSSR count). The fourth-order valence-electron chi connectivity index (χ4n) is 3.03. The van der Waals surface area contributed by atoms with E-state index >= 15 is 0 Å². The van der Waals surface area contributed by atoms with Crippen LogP contribution in [0.15, 0.2) is 48.5 Å². The lowest BCUT2D eigenvalue weighted by Gasteiger charge is -2.41. The van der Waals surface area contributed by atoms with Gasteiger partial charge in [-0.2, -0.15) is 13.2 Å². The predicted molar refractivity (Wildman–Crippen MR) is 88.0 cm³/mol. The third kappa shape index (κ3) is 3.69. The lowest BCUT2D eigenvalue weighted by molar-refractivity contribution is -0.148. The van der Waals surface area contributed by atoms with Gasteiger partial charge in [-0.25, -0.2) is 0 Å². The zero-order valence-corrected chi connectivity index (χ0v) is 13.6. The number of hydrogen-bond acceptors (Lipinski definition) is 2. The van der Waals surface area contributed by atoms with E-state index in [0.29, 0.717) is 24.2 Å². The number of hydrogen-bond donors (Lipinski definition) is 1. The molecule has 1 saturated heterocycles. The van der Waals surface area contributed by atoms with Crippen LogP contribution >= 0.6 is 0 Å². The Kier molecular flexibility index (Phi) is 4.56. The number of carboxylic acid groups (broad SMARTS) is 1. The monoisotopic (exact) mass is 349 g/mol. The normalized spacial score (nSPS) is 17.1. The predicted octanol–water partition coefficient (Wildman–Crippen LogP) is 4.45. The van der Waals surface area contributed by atoms with E-state index in [2.05, 4.69) is 4.90 Å². The van der Waals surface area contributed by atoms with Gasteiger partial charge >= 0.3 is 12.1 Å². The smallest absolute Gasteiger partial charge is 0.416 e. The van der Waals surface area contributed by atoms with Crippen molar-refractivity contribution in [2.45, 2.75) is 19.1 Å². The summed E-state index contributed by atoms with van der Waals surface area (Å²) < 4.78 is 38.5. The molecule has 0 amide bonds. The van der Waals surface area contributed by atoms with E-state index in [9.17, 15) is 18.0 Å². The Morgan fingerprint density at radius 3 is 2.32 bits per heavy atom. The minimum atomic E-state index is -4.36. The molecule has 0 bridgehead atoms. The molecule has 0 saturated carbocycles. The molecule has 1 heterocycles. The van der Waals surface area contributed by atoms with Crippen LogP contribution in [0.2, 0.25) is 0 Å². The van der Waals surface area contributed by atoms with Crippen molar-refractivity contribution >= 4 is 5.97 Å². The van der Waals surface area contributed by atoms with Crippen molar-refractivity contribution in [2.24, 2.45) is 5.92 Å². The van der Waals surface area contributed by atoms with Gasteiger partial charge in [-0.1, -0.05) is 36.4 Å². The maximum atomic E-state index is 12.8. The quantitative estimate of drug-likeness (QED) is 0.887. The lowest BCUT2D eigenvalue weighted by atomic mass is 9.94. The fourth-order valence-corrected chi connectivity index (χ4v) is 3.03. The first kappa shape index (κ1) is 17.5. The van der Waals surface area contributed by atoms with Crippen LogP contribution < -0.4 is 0 Å². The molecule has 1 aliphatic heterocycles. The van der Waals surface area contributed by atoms with Gasteiger partial charge in [0.1, 0.15) is 0 Å². The Morgan fingerprint density at radius 1 is 1.12 bits per heavy atom. The molecule has 1 aliphatic rings. The maximum Gasteiger partial charge on any atom is 0.416 e. The molecular formula is C19H18F3NO2. The van der Waals surface area contributed by atoms with E-state index in [-0.39, 0.29) is 12.0 Å². The van der Waals surface area contributed by atoms with Gasteiger partial charge in [0.2, 0.25) is 0 Å². The van der Waals surface area contributed by atoms with Crippen LogP contribution in [-0.2, 0) is 11.0 Å². The van der Waals surface area contributed by atoms with Crippen LogP contribution in [0.5, 0.6) is 0 Å². The first-order chi connectivity index (χ1) is 11.8. The molecule has 132 valence electrons. The zero-order valence-electron chi connectivity index (χ0n) is 13.6. The second-order valence-corrected chi connectivity index (χ2v) is 6.37. The van der Waals surface area contributed by atoms with Crippen LogP contribution in [0, 0.1) is 5.92 Å². The molecule has 1 atom stereocenters. The zero-order chi connectivity index (χ0) is 18.2. The van der Waals surface area contributed by atoms with Gasteiger partial charge in [-0.05, 0) is 35.7 Å². The van der Waals surface area contributed by atoms with Crippen LogP contribution in [0.4, 0.5) is 13.2 Å². The summed E-state index contributed by atoms with van der Waals surface area (Å²) in [6.45, 7) is 3.04. The number of benzene rings is 2. The highest BCUT2D eigenvalue weighted by atomic mass is 19.4. The molecule has 0 spiro atoms. The van der Waals surface area contributed by atoms with Crippen LogP contribution in [0.25, 0.3) is 11.1 Å². The standard InChI is InChI=1S/C19H18F3NO2/c1-12(23-10-16(11-23)18(24)25)13-5-7-14(8-6-13)15-3-2-4-17(9-15)19(20,21)22/h2-9,12,16H,10-11H2,1H3,(H,24,25). The molecule has 6 heteroatoms. The van der Waals surface area contributed by atoms with Crippen molar-refractivity contribution in [1.29, 1.82) is 0 Å². The van der Waals surface area contributed by atoms with Crippen molar-refractivity contribution in [3.05, 3.63) is 59.7 Å². The minimum absolute atomic E-state index is 0.0751.